The zero-order chi connectivity index (χ0) is 14.4. The van der Waals surface area contributed by atoms with Crippen molar-refractivity contribution in [2.75, 3.05) is 7.11 Å². The maximum Gasteiger partial charge on any atom is 0.320 e. The Morgan fingerprint density at radius 1 is 1.53 bits per heavy atom. The normalized spacial score (nSPS) is 41.5. The fraction of sp³-hybridized carbons (Fsp3) is 0.625. The van der Waals surface area contributed by atoms with Crippen LogP contribution in [0.3, 0.4) is 0 Å². The van der Waals surface area contributed by atoms with E-state index in [1.54, 1.807) is 12.2 Å². The number of hydrogen-bond donors (Lipinski definition) is 0. The van der Waals surface area contributed by atoms with Gasteiger partial charge in [-0.1, -0.05) is 33.4 Å². The highest BCUT2D eigenvalue weighted by atomic mass is 16.5. The van der Waals surface area contributed by atoms with Crippen LogP contribution in [0.1, 0.15) is 33.6 Å². The molecule has 2 aliphatic rings. The van der Waals surface area contributed by atoms with Gasteiger partial charge >= 0.3 is 5.97 Å². The number of hydrogen-bond acceptors (Lipinski definition) is 3. The topological polar surface area (TPSA) is 43.4 Å². The number of carbonyl (C=O) groups is 2. The van der Waals surface area contributed by atoms with E-state index in [1.165, 1.54) is 7.11 Å². The Balaban J connectivity index is 2.70. The Bertz CT molecular complexity index is 476. The molecule has 0 unspecified atom stereocenters. The minimum absolute atomic E-state index is 0.0162. The summed E-state index contributed by atoms with van der Waals surface area (Å²) in [5.41, 5.74) is -0.469. The van der Waals surface area contributed by atoms with E-state index in [1.807, 2.05) is 13.8 Å². The van der Waals surface area contributed by atoms with Crippen LogP contribution in [0, 0.1) is 22.7 Å². The lowest BCUT2D eigenvalue weighted by molar-refractivity contribution is -0.170. The largest absolute Gasteiger partial charge is 0.468 e. The first kappa shape index (κ1) is 14.0. The van der Waals surface area contributed by atoms with Gasteiger partial charge in [0.1, 0.15) is 5.41 Å². The number of ketones is 1. The lowest BCUT2D eigenvalue weighted by Gasteiger charge is -2.48. The molecule has 1 fully saturated rings. The summed E-state index contributed by atoms with van der Waals surface area (Å²) in [7, 11) is 1.37. The molecule has 0 N–H and O–H groups in total. The molecule has 1 saturated carbocycles. The summed E-state index contributed by atoms with van der Waals surface area (Å²) in [5.74, 6) is -0.342. The Kier molecular flexibility index (Phi) is 3.20. The van der Waals surface area contributed by atoms with Gasteiger partial charge in [0.15, 0.2) is 5.78 Å². The molecule has 19 heavy (non-hydrogen) atoms. The number of carbonyl (C=O) groups excluding carboxylic acids is 2. The second-order valence-corrected chi connectivity index (χ2v) is 6.09. The molecule has 0 radical (unpaired) electrons. The van der Waals surface area contributed by atoms with Crippen molar-refractivity contribution in [1.29, 1.82) is 0 Å². The van der Waals surface area contributed by atoms with Crippen LogP contribution in [0.15, 0.2) is 24.3 Å². The zero-order valence-electron chi connectivity index (χ0n) is 12.2. The molecule has 0 spiro atoms. The number of methoxy groups -OCH3 is 1. The fourth-order valence-electron chi connectivity index (χ4n) is 4.26. The quantitative estimate of drug-likeness (QED) is 0.567. The van der Waals surface area contributed by atoms with Crippen molar-refractivity contribution in [3.05, 3.63) is 24.3 Å². The van der Waals surface area contributed by atoms with Gasteiger partial charge in [0.2, 0.25) is 0 Å². The zero-order valence-corrected chi connectivity index (χ0v) is 12.2. The molecule has 2 rings (SSSR count). The average molecular weight is 262 g/mol. The standard InChI is InChI=1S/C16H22O3/c1-6-12-9-13(17)16(14(18)19-5)10(2)7-8-15(16,4)11(12)3/h6,9-11H,1,7-8H2,2-5H3/t10-,11-,15+,16-/m0/s1. The number of esters is 1. The third-order valence-corrected chi connectivity index (χ3v) is 5.62. The van der Waals surface area contributed by atoms with Crippen molar-refractivity contribution in [3.63, 3.8) is 0 Å². The first-order valence-electron chi connectivity index (χ1n) is 6.83. The smallest absolute Gasteiger partial charge is 0.320 e. The van der Waals surface area contributed by atoms with E-state index in [0.29, 0.717) is 0 Å². The summed E-state index contributed by atoms with van der Waals surface area (Å²) < 4.78 is 5.00. The number of rotatable bonds is 2. The Morgan fingerprint density at radius 3 is 2.68 bits per heavy atom. The molecular formula is C16H22O3. The fourth-order valence-corrected chi connectivity index (χ4v) is 4.26. The van der Waals surface area contributed by atoms with Gasteiger partial charge in [-0.05, 0) is 41.7 Å². The molecule has 0 amide bonds. The van der Waals surface area contributed by atoms with E-state index in [2.05, 4.69) is 13.5 Å². The van der Waals surface area contributed by atoms with E-state index in [0.717, 1.165) is 18.4 Å². The lowest BCUT2D eigenvalue weighted by atomic mass is 9.52. The summed E-state index contributed by atoms with van der Waals surface area (Å²) in [6, 6.07) is 0. The molecule has 2 aliphatic carbocycles. The highest BCUT2D eigenvalue weighted by molar-refractivity contribution is 6.12. The van der Waals surface area contributed by atoms with Gasteiger partial charge in [0.05, 0.1) is 7.11 Å². The maximum atomic E-state index is 12.7. The molecule has 0 aromatic heterocycles. The van der Waals surface area contributed by atoms with Gasteiger partial charge in [-0.15, -0.1) is 0 Å². The minimum atomic E-state index is -1.02. The van der Waals surface area contributed by atoms with E-state index in [-0.39, 0.29) is 29.0 Å². The summed E-state index contributed by atoms with van der Waals surface area (Å²) in [6.07, 6.45) is 5.07. The van der Waals surface area contributed by atoms with Crippen molar-refractivity contribution < 1.29 is 14.3 Å². The Labute approximate surface area is 114 Å². The van der Waals surface area contributed by atoms with Crippen LogP contribution in [0.2, 0.25) is 0 Å². The van der Waals surface area contributed by atoms with Crippen molar-refractivity contribution in [1.82, 2.24) is 0 Å². The molecule has 3 nitrogen and oxygen atoms in total. The molecule has 0 aromatic carbocycles. The molecule has 0 aliphatic heterocycles. The van der Waals surface area contributed by atoms with E-state index in [4.69, 9.17) is 4.74 Å². The van der Waals surface area contributed by atoms with Crippen LogP contribution < -0.4 is 0 Å². The first-order chi connectivity index (χ1) is 8.86. The highest BCUT2D eigenvalue weighted by Crippen LogP contribution is 2.64. The van der Waals surface area contributed by atoms with Gasteiger partial charge in [0, 0.05) is 0 Å². The number of ether oxygens (including phenoxy) is 1. The van der Waals surface area contributed by atoms with Crippen LogP contribution in [-0.2, 0) is 14.3 Å². The van der Waals surface area contributed by atoms with Crippen molar-refractivity contribution >= 4 is 11.8 Å². The Morgan fingerprint density at radius 2 is 2.16 bits per heavy atom. The van der Waals surface area contributed by atoms with Gasteiger partial charge < -0.3 is 4.74 Å². The van der Waals surface area contributed by atoms with E-state index >= 15 is 0 Å². The monoisotopic (exact) mass is 262 g/mol. The molecule has 0 heterocycles. The maximum absolute atomic E-state index is 12.7. The average Bonchev–Trinajstić information content (AvgIpc) is 2.68. The van der Waals surface area contributed by atoms with Crippen molar-refractivity contribution in [2.45, 2.75) is 33.6 Å². The molecule has 0 bridgehead atoms. The van der Waals surface area contributed by atoms with Crippen LogP contribution in [0.5, 0.6) is 0 Å². The highest BCUT2D eigenvalue weighted by Gasteiger charge is 2.68. The van der Waals surface area contributed by atoms with Crippen LogP contribution in [0.4, 0.5) is 0 Å². The second-order valence-electron chi connectivity index (χ2n) is 6.09. The molecule has 0 saturated heterocycles. The third kappa shape index (κ3) is 1.44. The predicted octanol–water partition coefficient (Wildman–Crippen LogP) is 2.91. The van der Waals surface area contributed by atoms with Crippen LogP contribution in [0.25, 0.3) is 0 Å². The summed E-state index contributed by atoms with van der Waals surface area (Å²) >= 11 is 0. The van der Waals surface area contributed by atoms with Crippen LogP contribution in [-0.4, -0.2) is 18.9 Å². The van der Waals surface area contributed by atoms with E-state index in [9.17, 15) is 9.59 Å². The van der Waals surface area contributed by atoms with Gasteiger partial charge in [0.25, 0.3) is 0 Å². The molecule has 0 aromatic rings. The molecule has 3 heteroatoms. The second kappa shape index (κ2) is 4.32. The van der Waals surface area contributed by atoms with E-state index < -0.39 is 5.41 Å². The summed E-state index contributed by atoms with van der Waals surface area (Å²) in [4.78, 5) is 25.1. The summed E-state index contributed by atoms with van der Waals surface area (Å²) in [6.45, 7) is 9.90. The molecule has 4 atom stereocenters. The molecule has 104 valence electrons. The van der Waals surface area contributed by atoms with Gasteiger partial charge in [-0.2, -0.15) is 0 Å². The van der Waals surface area contributed by atoms with Crippen molar-refractivity contribution in [3.8, 4) is 0 Å². The molecular weight excluding hydrogens is 240 g/mol. The number of allylic oxidation sites excluding steroid dienone is 3. The number of fused-ring (bicyclic) bond motifs is 1. The first-order valence-corrected chi connectivity index (χ1v) is 6.83. The van der Waals surface area contributed by atoms with Gasteiger partial charge in [-0.3, -0.25) is 9.59 Å². The minimum Gasteiger partial charge on any atom is -0.468 e. The lowest BCUT2D eigenvalue weighted by Crippen LogP contribution is -2.56. The SMILES string of the molecule is C=CC1=CC(=O)[C@]2(C(=O)OC)[C@@H](C)CC[C@]2(C)[C@H]1C. The van der Waals surface area contributed by atoms with Crippen LogP contribution >= 0.6 is 0 Å². The third-order valence-electron chi connectivity index (χ3n) is 5.62. The van der Waals surface area contributed by atoms with Gasteiger partial charge in [-0.25, -0.2) is 0 Å². The predicted molar refractivity (Wildman–Crippen MR) is 73.4 cm³/mol. The summed E-state index contributed by atoms with van der Waals surface area (Å²) in [5, 5.41) is 0. The Hall–Kier alpha value is -1.38. The van der Waals surface area contributed by atoms with Crippen molar-refractivity contribution in [2.24, 2.45) is 22.7 Å².